The molecule has 2 aromatic heterocycles. The van der Waals surface area contributed by atoms with Crippen LogP contribution in [-0.2, 0) is 0 Å². The van der Waals surface area contributed by atoms with E-state index in [0.717, 1.165) is 34.6 Å². The Hall–Kier alpha value is -2.58. The van der Waals surface area contributed by atoms with Crippen molar-refractivity contribution < 1.29 is 0 Å². The maximum Gasteiger partial charge on any atom is 0.157 e. The number of aromatic nitrogens is 2. The van der Waals surface area contributed by atoms with Crippen LogP contribution in [0.25, 0.3) is 16.7 Å². The molecule has 0 saturated heterocycles. The summed E-state index contributed by atoms with van der Waals surface area (Å²) in [6.45, 7) is 7.27. The number of imidazole rings is 1. The Morgan fingerprint density at radius 2 is 2.00 bits per heavy atom. The molecule has 130 valence electrons. The van der Waals surface area contributed by atoms with Crippen molar-refractivity contribution in [2.75, 3.05) is 26.0 Å². The van der Waals surface area contributed by atoms with Crippen LogP contribution in [0.3, 0.4) is 0 Å². The lowest BCUT2D eigenvalue weighted by molar-refractivity contribution is 0.243. The summed E-state index contributed by atoms with van der Waals surface area (Å²) in [5.41, 5.74) is 4.22. The topological polar surface area (TPSA) is 56.4 Å². The second-order valence-corrected chi connectivity index (χ2v) is 7.11. The first-order valence-corrected chi connectivity index (χ1v) is 8.65. The largest absolute Gasteiger partial charge is 0.370 e. The normalized spacial score (nSPS) is 12.9. The Kier molecular flexibility index (Phi) is 4.65. The number of nitrogens with one attached hydrogen (secondary N) is 1. The van der Waals surface area contributed by atoms with Crippen LogP contribution in [0.5, 0.6) is 0 Å². The molecule has 0 saturated carbocycles. The van der Waals surface area contributed by atoms with E-state index in [0.29, 0.717) is 17.5 Å². The fourth-order valence-corrected chi connectivity index (χ4v) is 3.45. The van der Waals surface area contributed by atoms with Crippen molar-refractivity contribution in [3.63, 3.8) is 0 Å². The highest BCUT2D eigenvalue weighted by Gasteiger charge is 2.18. The van der Waals surface area contributed by atoms with Crippen molar-refractivity contribution in [2.24, 2.45) is 5.92 Å². The van der Waals surface area contributed by atoms with E-state index in [-0.39, 0.29) is 0 Å². The molecule has 0 fully saturated rings. The van der Waals surface area contributed by atoms with Gasteiger partial charge in [-0.1, -0.05) is 26.0 Å². The zero-order chi connectivity index (χ0) is 18.1. The summed E-state index contributed by atoms with van der Waals surface area (Å²) in [6, 6.07) is 12.8. The molecule has 2 heterocycles. The summed E-state index contributed by atoms with van der Waals surface area (Å²) in [4.78, 5) is 6.94. The highest BCUT2D eigenvalue weighted by atomic mass is 15.2. The Morgan fingerprint density at radius 1 is 1.28 bits per heavy atom. The summed E-state index contributed by atoms with van der Waals surface area (Å²) < 4.78 is 2.06. The molecular formula is C20H25N5. The number of pyridine rings is 1. The fraction of sp³-hybridized carbons (Fsp3) is 0.400. The summed E-state index contributed by atoms with van der Waals surface area (Å²) in [6.07, 6.45) is 0. The van der Waals surface area contributed by atoms with Gasteiger partial charge in [-0.3, -0.25) is 4.40 Å². The number of rotatable bonds is 5. The van der Waals surface area contributed by atoms with Gasteiger partial charge >= 0.3 is 0 Å². The summed E-state index contributed by atoms with van der Waals surface area (Å²) in [7, 11) is 4.22. The van der Waals surface area contributed by atoms with Crippen LogP contribution < -0.4 is 5.32 Å². The molecular weight excluding hydrogens is 310 g/mol. The van der Waals surface area contributed by atoms with Gasteiger partial charge in [0.05, 0.1) is 16.6 Å². The number of anilines is 1. The van der Waals surface area contributed by atoms with Crippen molar-refractivity contribution >= 4 is 22.5 Å². The van der Waals surface area contributed by atoms with Crippen LogP contribution in [0.2, 0.25) is 0 Å². The van der Waals surface area contributed by atoms with Crippen LogP contribution in [0.4, 0.5) is 5.82 Å². The number of hydrogen-bond acceptors (Lipinski definition) is 4. The zero-order valence-electron chi connectivity index (χ0n) is 15.5. The Labute approximate surface area is 148 Å². The highest BCUT2D eigenvalue weighted by Crippen LogP contribution is 2.26. The first-order valence-electron chi connectivity index (χ1n) is 8.65. The molecule has 0 bridgehead atoms. The Balaban J connectivity index is 2.13. The first-order chi connectivity index (χ1) is 11.9. The van der Waals surface area contributed by atoms with Gasteiger partial charge in [0.2, 0.25) is 0 Å². The maximum absolute atomic E-state index is 9.57. The van der Waals surface area contributed by atoms with E-state index in [1.807, 2.05) is 37.3 Å². The van der Waals surface area contributed by atoms with Gasteiger partial charge in [0.1, 0.15) is 11.9 Å². The minimum Gasteiger partial charge on any atom is -0.370 e. The maximum atomic E-state index is 9.57. The predicted octanol–water partition coefficient (Wildman–Crippen LogP) is 3.67. The monoisotopic (exact) mass is 335 g/mol. The first kappa shape index (κ1) is 17.2. The average molecular weight is 335 g/mol. The van der Waals surface area contributed by atoms with Crippen molar-refractivity contribution in [1.82, 2.24) is 14.3 Å². The SMILES string of the molecule is Cc1cc(NCC(C(C)C)N(C)C)n2c(nc3ccccc32)c1C#N. The average Bonchev–Trinajstić information content (AvgIpc) is 2.93. The van der Waals surface area contributed by atoms with Crippen LogP contribution in [0.1, 0.15) is 25.0 Å². The third kappa shape index (κ3) is 3.06. The molecule has 3 aromatic rings. The number of para-hydroxylation sites is 2. The van der Waals surface area contributed by atoms with Crippen LogP contribution in [0.15, 0.2) is 30.3 Å². The van der Waals surface area contributed by atoms with Gasteiger partial charge in [-0.2, -0.15) is 5.26 Å². The molecule has 1 aromatic carbocycles. The van der Waals surface area contributed by atoms with Gasteiger partial charge in [-0.25, -0.2) is 4.98 Å². The van der Waals surface area contributed by atoms with Crippen LogP contribution in [0, 0.1) is 24.2 Å². The molecule has 0 aliphatic heterocycles. The van der Waals surface area contributed by atoms with E-state index in [4.69, 9.17) is 4.98 Å². The quantitative estimate of drug-likeness (QED) is 0.773. The molecule has 1 atom stereocenters. The second-order valence-electron chi connectivity index (χ2n) is 7.11. The molecule has 0 spiro atoms. The number of hydrogen-bond donors (Lipinski definition) is 1. The van der Waals surface area contributed by atoms with E-state index in [1.165, 1.54) is 0 Å². The lowest BCUT2D eigenvalue weighted by atomic mass is 10.0. The minimum atomic E-state index is 0.417. The predicted molar refractivity (Wildman–Crippen MR) is 103 cm³/mol. The third-order valence-corrected chi connectivity index (χ3v) is 4.81. The number of likely N-dealkylation sites (N-methyl/N-ethyl adjacent to an activating group) is 1. The molecule has 1 unspecified atom stereocenters. The lowest BCUT2D eigenvalue weighted by Gasteiger charge is -2.28. The van der Waals surface area contributed by atoms with Crippen molar-refractivity contribution in [2.45, 2.75) is 26.8 Å². The summed E-state index contributed by atoms with van der Waals surface area (Å²) in [5.74, 6) is 1.52. The number of fused-ring (bicyclic) bond motifs is 3. The number of benzene rings is 1. The van der Waals surface area contributed by atoms with E-state index in [2.05, 4.69) is 48.6 Å². The molecule has 1 N–H and O–H groups in total. The van der Waals surface area contributed by atoms with Gasteiger partial charge in [-0.15, -0.1) is 0 Å². The standard InChI is InChI=1S/C20H25N5/c1-13(2)18(24(4)5)12-22-19-10-14(3)15(11-21)20-23-16-8-6-7-9-17(16)25(19)20/h6-10,13,18,22H,12H2,1-5H3. The van der Waals surface area contributed by atoms with E-state index in [9.17, 15) is 5.26 Å². The Bertz CT molecular complexity index is 938. The summed E-state index contributed by atoms with van der Waals surface area (Å²) in [5, 5.41) is 13.2. The van der Waals surface area contributed by atoms with E-state index < -0.39 is 0 Å². The fourth-order valence-electron chi connectivity index (χ4n) is 3.45. The van der Waals surface area contributed by atoms with Crippen molar-refractivity contribution in [1.29, 1.82) is 5.26 Å². The molecule has 0 radical (unpaired) electrons. The lowest BCUT2D eigenvalue weighted by Crippen LogP contribution is -2.38. The van der Waals surface area contributed by atoms with Gasteiger partial charge < -0.3 is 10.2 Å². The van der Waals surface area contributed by atoms with Crippen LogP contribution in [-0.4, -0.2) is 41.0 Å². The zero-order valence-corrected chi connectivity index (χ0v) is 15.5. The third-order valence-electron chi connectivity index (χ3n) is 4.81. The van der Waals surface area contributed by atoms with Crippen LogP contribution >= 0.6 is 0 Å². The van der Waals surface area contributed by atoms with E-state index in [1.54, 1.807) is 0 Å². The highest BCUT2D eigenvalue weighted by molar-refractivity contribution is 5.85. The molecule has 3 rings (SSSR count). The molecule has 0 aliphatic rings. The van der Waals surface area contributed by atoms with Gasteiger partial charge in [-0.05, 0) is 50.7 Å². The van der Waals surface area contributed by atoms with Crippen molar-refractivity contribution in [3.05, 3.63) is 41.5 Å². The number of nitriles is 1. The Morgan fingerprint density at radius 3 is 2.64 bits per heavy atom. The molecule has 5 heteroatoms. The summed E-state index contributed by atoms with van der Waals surface area (Å²) >= 11 is 0. The molecule has 0 aliphatic carbocycles. The minimum absolute atomic E-state index is 0.417. The molecule has 5 nitrogen and oxygen atoms in total. The van der Waals surface area contributed by atoms with Gasteiger partial charge in [0.25, 0.3) is 0 Å². The van der Waals surface area contributed by atoms with Crippen molar-refractivity contribution in [3.8, 4) is 6.07 Å². The molecule has 25 heavy (non-hydrogen) atoms. The smallest absolute Gasteiger partial charge is 0.157 e. The number of nitrogens with zero attached hydrogens (tertiary/aromatic N) is 4. The number of aryl methyl sites for hydroxylation is 1. The molecule has 0 amide bonds. The van der Waals surface area contributed by atoms with Gasteiger partial charge in [0.15, 0.2) is 5.65 Å². The van der Waals surface area contributed by atoms with Gasteiger partial charge in [0, 0.05) is 12.6 Å². The van der Waals surface area contributed by atoms with E-state index >= 15 is 0 Å². The second kappa shape index (κ2) is 6.73.